The molecular formula is C14H16ClNO3. The third-order valence-corrected chi connectivity index (χ3v) is 3.46. The largest absolute Gasteiger partial charge is 0.469 e. The van der Waals surface area contributed by atoms with Crippen molar-refractivity contribution in [2.24, 2.45) is 0 Å². The number of hydrogen-bond acceptors (Lipinski definition) is 3. The second kappa shape index (κ2) is 6.06. The van der Waals surface area contributed by atoms with Gasteiger partial charge >= 0.3 is 5.97 Å². The summed E-state index contributed by atoms with van der Waals surface area (Å²) in [5.74, 6) is -0.161. The van der Waals surface area contributed by atoms with Crippen LogP contribution in [0.1, 0.15) is 18.4 Å². The summed E-state index contributed by atoms with van der Waals surface area (Å²) in [6.07, 6.45) is 1.40. The number of ether oxygens (including phenoxy) is 1. The van der Waals surface area contributed by atoms with Crippen LogP contribution in [-0.2, 0) is 20.7 Å². The van der Waals surface area contributed by atoms with Crippen LogP contribution in [0.25, 0.3) is 0 Å². The second-order valence-corrected chi connectivity index (χ2v) is 5.17. The van der Waals surface area contributed by atoms with Crippen LogP contribution >= 0.6 is 11.6 Å². The molecule has 0 spiro atoms. The Labute approximate surface area is 117 Å². The highest BCUT2D eigenvalue weighted by molar-refractivity contribution is 6.24. The van der Waals surface area contributed by atoms with Gasteiger partial charge in [0.25, 0.3) is 0 Å². The summed E-state index contributed by atoms with van der Waals surface area (Å²) in [5, 5.41) is -0.105. The predicted molar refractivity (Wildman–Crippen MR) is 73.4 cm³/mol. The Bertz CT molecular complexity index is 472. The van der Waals surface area contributed by atoms with Crippen molar-refractivity contribution >= 4 is 29.2 Å². The van der Waals surface area contributed by atoms with Gasteiger partial charge in [-0.3, -0.25) is 9.59 Å². The van der Waals surface area contributed by atoms with Crippen LogP contribution in [0.15, 0.2) is 24.3 Å². The summed E-state index contributed by atoms with van der Waals surface area (Å²) in [6, 6.07) is 7.62. The molecule has 0 N–H and O–H groups in total. The highest BCUT2D eigenvalue weighted by atomic mass is 35.5. The zero-order valence-corrected chi connectivity index (χ0v) is 11.5. The van der Waals surface area contributed by atoms with Gasteiger partial charge < -0.3 is 9.64 Å². The Morgan fingerprint density at radius 3 is 2.63 bits per heavy atom. The predicted octanol–water partition coefficient (Wildman–Crippen LogP) is 2.14. The van der Waals surface area contributed by atoms with E-state index in [0.717, 1.165) is 11.3 Å². The maximum absolute atomic E-state index is 11.7. The fraction of sp³-hybridized carbons (Fsp3) is 0.429. The Morgan fingerprint density at radius 1 is 1.42 bits per heavy atom. The van der Waals surface area contributed by atoms with Crippen LogP contribution in [0.5, 0.6) is 0 Å². The van der Waals surface area contributed by atoms with E-state index in [-0.39, 0.29) is 17.3 Å². The van der Waals surface area contributed by atoms with E-state index in [0.29, 0.717) is 25.8 Å². The number of carbonyl (C=O) groups excluding carboxylic acids is 2. The molecule has 19 heavy (non-hydrogen) atoms. The van der Waals surface area contributed by atoms with Crippen molar-refractivity contribution in [2.45, 2.75) is 24.6 Å². The Balaban J connectivity index is 1.98. The van der Waals surface area contributed by atoms with Gasteiger partial charge in [0.2, 0.25) is 5.91 Å². The number of rotatable bonds is 4. The van der Waals surface area contributed by atoms with E-state index < -0.39 is 0 Å². The molecule has 1 amide bonds. The second-order valence-electron chi connectivity index (χ2n) is 4.55. The summed E-state index contributed by atoms with van der Waals surface area (Å²) in [7, 11) is 1.38. The van der Waals surface area contributed by atoms with Crippen molar-refractivity contribution < 1.29 is 14.3 Å². The van der Waals surface area contributed by atoms with Crippen LogP contribution < -0.4 is 4.90 Å². The molecule has 0 aromatic heterocycles. The van der Waals surface area contributed by atoms with Crippen molar-refractivity contribution in [3.63, 3.8) is 0 Å². The third kappa shape index (κ3) is 3.47. The number of anilines is 1. The Hall–Kier alpha value is -1.55. The Morgan fingerprint density at radius 2 is 2.11 bits per heavy atom. The van der Waals surface area contributed by atoms with Gasteiger partial charge in [0.05, 0.1) is 12.5 Å². The van der Waals surface area contributed by atoms with E-state index in [9.17, 15) is 9.59 Å². The normalized spacial score (nSPS) is 18.7. The van der Waals surface area contributed by atoms with Crippen molar-refractivity contribution in [1.82, 2.24) is 0 Å². The molecule has 1 heterocycles. The molecule has 1 aromatic rings. The minimum atomic E-state index is -0.219. The summed E-state index contributed by atoms with van der Waals surface area (Å²) in [5.41, 5.74) is 1.90. The quantitative estimate of drug-likeness (QED) is 0.627. The van der Waals surface area contributed by atoms with Crippen molar-refractivity contribution in [1.29, 1.82) is 0 Å². The number of hydrogen-bond donors (Lipinski definition) is 0. The van der Waals surface area contributed by atoms with Crippen LogP contribution in [0.2, 0.25) is 0 Å². The van der Waals surface area contributed by atoms with Gasteiger partial charge in [-0.15, -0.1) is 11.6 Å². The molecular weight excluding hydrogens is 266 g/mol. The molecule has 1 aliphatic rings. The number of aryl methyl sites for hydroxylation is 1. The monoisotopic (exact) mass is 281 g/mol. The van der Waals surface area contributed by atoms with Crippen molar-refractivity contribution in [2.75, 3.05) is 18.6 Å². The standard InChI is InChI=1S/C14H16ClNO3/c1-19-14(18)7-4-10-2-5-12(6-3-10)16-9-11(15)8-13(16)17/h2-3,5-6,11H,4,7-9H2,1H3. The Kier molecular flexibility index (Phi) is 4.43. The van der Waals surface area contributed by atoms with Gasteiger partial charge in [0.1, 0.15) is 0 Å². The number of nitrogens with zero attached hydrogens (tertiary/aromatic N) is 1. The van der Waals surface area contributed by atoms with Gasteiger partial charge in [-0.2, -0.15) is 0 Å². The molecule has 1 saturated heterocycles. The average Bonchev–Trinajstić information content (AvgIpc) is 2.75. The van der Waals surface area contributed by atoms with Crippen LogP contribution in [0.4, 0.5) is 5.69 Å². The van der Waals surface area contributed by atoms with Gasteiger partial charge in [-0.1, -0.05) is 12.1 Å². The maximum atomic E-state index is 11.7. The summed E-state index contributed by atoms with van der Waals surface area (Å²) < 4.78 is 4.60. The molecule has 0 bridgehead atoms. The number of amides is 1. The van der Waals surface area contributed by atoms with Crippen molar-refractivity contribution in [3.05, 3.63) is 29.8 Å². The first-order chi connectivity index (χ1) is 9.10. The van der Waals surface area contributed by atoms with E-state index in [2.05, 4.69) is 4.74 Å². The minimum absolute atomic E-state index is 0.0577. The molecule has 1 aliphatic heterocycles. The number of carbonyl (C=O) groups is 2. The number of halogens is 1. The van der Waals surface area contributed by atoms with E-state index in [4.69, 9.17) is 11.6 Å². The SMILES string of the molecule is COC(=O)CCc1ccc(N2CC(Cl)CC2=O)cc1. The molecule has 0 aliphatic carbocycles. The molecule has 5 heteroatoms. The lowest BCUT2D eigenvalue weighted by Gasteiger charge is -2.16. The van der Waals surface area contributed by atoms with Crippen LogP contribution in [0, 0.1) is 0 Å². The lowest BCUT2D eigenvalue weighted by atomic mass is 10.1. The fourth-order valence-electron chi connectivity index (χ4n) is 2.10. The molecule has 4 nitrogen and oxygen atoms in total. The van der Waals surface area contributed by atoms with E-state index in [1.165, 1.54) is 7.11 Å². The molecule has 102 valence electrons. The highest BCUT2D eigenvalue weighted by Crippen LogP contribution is 2.24. The summed E-state index contributed by atoms with van der Waals surface area (Å²) >= 11 is 5.97. The molecule has 1 unspecified atom stereocenters. The third-order valence-electron chi connectivity index (χ3n) is 3.17. The van der Waals surface area contributed by atoms with Crippen LogP contribution in [0.3, 0.4) is 0 Å². The minimum Gasteiger partial charge on any atom is -0.469 e. The molecule has 1 atom stereocenters. The van der Waals surface area contributed by atoms with Crippen molar-refractivity contribution in [3.8, 4) is 0 Å². The number of benzene rings is 1. The van der Waals surface area contributed by atoms with Gasteiger partial charge in [-0.25, -0.2) is 0 Å². The van der Waals surface area contributed by atoms with Gasteiger partial charge in [-0.05, 0) is 24.1 Å². The molecule has 0 radical (unpaired) electrons. The first-order valence-corrected chi connectivity index (χ1v) is 6.64. The number of esters is 1. The molecule has 2 rings (SSSR count). The zero-order chi connectivity index (χ0) is 13.8. The maximum Gasteiger partial charge on any atom is 0.305 e. The topological polar surface area (TPSA) is 46.6 Å². The van der Waals surface area contributed by atoms with E-state index in [1.807, 2.05) is 24.3 Å². The average molecular weight is 282 g/mol. The van der Waals surface area contributed by atoms with Gasteiger partial charge in [0, 0.05) is 25.1 Å². The lowest BCUT2D eigenvalue weighted by molar-refractivity contribution is -0.140. The highest BCUT2D eigenvalue weighted by Gasteiger charge is 2.28. The number of alkyl halides is 1. The fourth-order valence-corrected chi connectivity index (χ4v) is 2.37. The smallest absolute Gasteiger partial charge is 0.305 e. The van der Waals surface area contributed by atoms with E-state index in [1.54, 1.807) is 4.90 Å². The van der Waals surface area contributed by atoms with E-state index >= 15 is 0 Å². The first kappa shape index (κ1) is 13.9. The molecule has 0 saturated carbocycles. The first-order valence-electron chi connectivity index (χ1n) is 6.20. The molecule has 1 fully saturated rings. The number of methoxy groups -OCH3 is 1. The zero-order valence-electron chi connectivity index (χ0n) is 10.8. The summed E-state index contributed by atoms with van der Waals surface area (Å²) in [6.45, 7) is 0.557. The van der Waals surface area contributed by atoms with Crippen LogP contribution in [-0.4, -0.2) is 30.9 Å². The summed E-state index contributed by atoms with van der Waals surface area (Å²) in [4.78, 5) is 24.5. The lowest BCUT2D eigenvalue weighted by Crippen LogP contribution is -2.24. The molecule has 1 aromatic carbocycles. The van der Waals surface area contributed by atoms with Gasteiger partial charge in [0.15, 0.2) is 0 Å².